The number of hydrogen-bond acceptors (Lipinski definition) is 6. The van der Waals surface area contributed by atoms with Gasteiger partial charge >= 0.3 is 0 Å². The van der Waals surface area contributed by atoms with Crippen molar-refractivity contribution in [3.63, 3.8) is 0 Å². The Balaban J connectivity index is 1.68. The van der Waals surface area contributed by atoms with Crippen LogP contribution in [0.15, 0.2) is 48.8 Å². The topological polar surface area (TPSA) is 96.0 Å². The summed E-state index contributed by atoms with van der Waals surface area (Å²) < 4.78 is 5.67. The molecule has 1 atom stereocenters. The molecule has 5 rings (SSSR count). The first kappa shape index (κ1) is 23.9. The van der Waals surface area contributed by atoms with Crippen LogP contribution in [0, 0.1) is 6.92 Å². The highest BCUT2D eigenvalue weighted by molar-refractivity contribution is 6.04. The summed E-state index contributed by atoms with van der Waals surface area (Å²) in [5, 5.41) is 11.2. The number of pyridine rings is 2. The normalized spacial score (nSPS) is 16.4. The van der Waals surface area contributed by atoms with Crippen molar-refractivity contribution in [2.24, 2.45) is 0 Å². The van der Waals surface area contributed by atoms with Crippen LogP contribution in [-0.4, -0.2) is 57.4 Å². The summed E-state index contributed by atoms with van der Waals surface area (Å²) in [4.78, 5) is 24.8. The van der Waals surface area contributed by atoms with Crippen LogP contribution in [0.2, 0.25) is 0 Å². The van der Waals surface area contributed by atoms with Crippen LogP contribution in [0.5, 0.6) is 0 Å². The van der Waals surface area contributed by atoms with Crippen molar-refractivity contribution in [3.8, 4) is 22.5 Å². The molecule has 8 nitrogen and oxygen atoms in total. The second-order valence-electron chi connectivity index (χ2n) is 10.4. The number of nitrogens with zero attached hydrogens (tertiary/aromatic N) is 4. The molecule has 1 aromatic carbocycles. The van der Waals surface area contributed by atoms with Crippen LogP contribution < -0.4 is 10.2 Å². The van der Waals surface area contributed by atoms with Gasteiger partial charge in [-0.1, -0.05) is 12.1 Å². The number of benzene rings is 1. The van der Waals surface area contributed by atoms with E-state index in [0.29, 0.717) is 18.8 Å². The number of aryl methyl sites for hydroxylation is 1. The van der Waals surface area contributed by atoms with E-state index in [9.17, 15) is 4.79 Å². The number of fused-ring (bicyclic) bond motifs is 1. The zero-order valence-electron chi connectivity index (χ0n) is 21.4. The quantitative estimate of drug-likeness (QED) is 0.434. The van der Waals surface area contributed by atoms with Gasteiger partial charge in [-0.25, -0.2) is 4.98 Å². The van der Waals surface area contributed by atoms with Gasteiger partial charge in [0.15, 0.2) is 0 Å². The molecule has 8 heteroatoms. The number of morpholine rings is 1. The predicted octanol–water partition coefficient (Wildman–Crippen LogP) is 4.75. The van der Waals surface area contributed by atoms with E-state index in [1.54, 1.807) is 6.20 Å². The van der Waals surface area contributed by atoms with E-state index in [1.165, 1.54) is 0 Å². The fourth-order valence-corrected chi connectivity index (χ4v) is 4.63. The molecule has 1 fully saturated rings. The molecule has 1 aliphatic heterocycles. The Morgan fingerprint density at radius 3 is 2.64 bits per heavy atom. The third-order valence-electron chi connectivity index (χ3n) is 6.38. The minimum Gasteiger partial charge on any atom is -0.377 e. The summed E-state index contributed by atoms with van der Waals surface area (Å²) in [7, 11) is 0. The minimum atomic E-state index is -0.298. The number of aromatic amines is 1. The first-order chi connectivity index (χ1) is 17.2. The highest BCUT2D eigenvalue weighted by atomic mass is 16.5. The Kier molecular flexibility index (Phi) is 6.22. The third-order valence-corrected chi connectivity index (χ3v) is 6.38. The van der Waals surface area contributed by atoms with Crippen LogP contribution in [0.25, 0.3) is 33.4 Å². The molecule has 1 saturated heterocycles. The maximum absolute atomic E-state index is 12.7. The molecule has 1 amide bonds. The number of ether oxygens (including phenoxy) is 1. The van der Waals surface area contributed by atoms with Crippen LogP contribution in [-0.2, 0) is 4.74 Å². The van der Waals surface area contributed by atoms with Crippen LogP contribution in [0.3, 0.4) is 0 Å². The van der Waals surface area contributed by atoms with Crippen molar-refractivity contribution < 1.29 is 9.53 Å². The molecule has 2 N–H and O–H groups in total. The monoisotopic (exact) mass is 484 g/mol. The molecule has 0 unspecified atom stereocenters. The van der Waals surface area contributed by atoms with E-state index >= 15 is 0 Å². The first-order valence-electron chi connectivity index (χ1n) is 12.3. The van der Waals surface area contributed by atoms with Gasteiger partial charge in [-0.2, -0.15) is 5.10 Å². The lowest BCUT2D eigenvalue weighted by Crippen LogP contribution is -2.44. The van der Waals surface area contributed by atoms with Crippen molar-refractivity contribution >= 4 is 22.6 Å². The molecule has 0 saturated carbocycles. The Hall–Kier alpha value is -3.78. The molecule has 4 heterocycles. The summed E-state index contributed by atoms with van der Waals surface area (Å²) in [6.07, 6.45) is 3.60. The fourth-order valence-electron chi connectivity index (χ4n) is 4.63. The number of carbonyl (C=O) groups excluding carboxylic acids is 1. The zero-order valence-corrected chi connectivity index (χ0v) is 21.4. The molecule has 0 spiro atoms. The van der Waals surface area contributed by atoms with Gasteiger partial charge in [0.2, 0.25) is 0 Å². The molecule has 3 aromatic heterocycles. The van der Waals surface area contributed by atoms with Crippen LogP contribution in [0.4, 0.5) is 5.82 Å². The summed E-state index contributed by atoms with van der Waals surface area (Å²) in [5.41, 5.74) is 5.84. The van der Waals surface area contributed by atoms with Crippen molar-refractivity contribution in [2.75, 3.05) is 24.7 Å². The van der Waals surface area contributed by atoms with E-state index < -0.39 is 0 Å². The molecule has 186 valence electrons. The molecule has 36 heavy (non-hydrogen) atoms. The van der Waals surface area contributed by atoms with E-state index in [-0.39, 0.29) is 17.5 Å². The number of rotatable bonds is 4. The molecule has 0 bridgehead atoms. The van der Waals surface area contributed by atoms with Gasteiger partial charge in [-0.05, 0) is 75.6 Å². The number of hydrogen-bond donors (Lipinski definition) is 2. The third kappa shape index (κ3) is 4.68. The second-order valence-corrected chi connectivity index (χ2v) is 10.4. The summed E-state index contributed by atoms with van der Waals surface area (Å²) in [6, 6.07) is 12.0. The van der Waals surface area contributed by atoms with Gasteiger partial charge in [-0.15, -0.1) is 0 Å². The Bertz CT molecular complexity index is 1390. The first-order valence-corrected chi connectivity index (χ1v) is 12.3. The molecule has 4 aromatic rings. The van der Waals surface area contributed by atoms with Gasteiger partial charge in [-0.3, -0.25) is 14.9 Å². The number of nitrogens with one attached hydrogen (secondary N) is 2. The fraction of sp³-hybridized carbons (Fsp3) is 0.357. The number of anilines is 1. The molecule has 0 aliphatic carbocycles. The molecule has 1 aliphatic rings. The minimum absolute atomic E-state index is 0.0848. The van der Waals surface area contributed by atoms with Gasteiger partial charge in [0.05, 0.1) is 24.9 Å². The van der Waals surface area contributed by atoms with E-state index in [0.717, 1.165) is 51.3 Å². The summed E-state index contributed by atoms with van der Waals surface area (Å²) in [6.45, 7) is 12.2. The summed E-state index contributed by atoms with van der Waals surface area (Å²) >= 11 is 0. The largest absolute Gasteiger partial charge is 0.377 e. The number of carbonyl (C=O) groups is 1. The van der Waals surface area contributed by atoms with Crippen LogP contribution >= 0.6 is 0 Å². The average Bonchev–Trinajstić information content (AvgIpc) is 3.38. The lowest BCUT2D eigenvalue weighted by Gasteiger charge is -2.34. The maximum atomic E-state index is 12.7. The highest BCUT2D eigenvalue weighted by Gasteiger charge is 2.24. The van der Waals surface area contributed by atoms with Crippen LogP contribution in [0.1, 0.15) is 43.6 Å². The maximum Gasteiger partial charge on any atom is 0.251 e. The smallest absolute Gasteiger partial charge is 0.251 e. The number of amides is 1. The van der Waals surface area contributed by atoms with E-state index in [4.69, 9.17) is 14.7 Å². The average molecular weight is 485 g/mol. The van der Waals surface area contributed by atoms with Gasteiger partial charge in [0, 0.05) is 35.4 Å². The van der Waals surface area contributed by atoms with Crippen molar-refractivity contribution in [2.45, 2.75) is 46.2 Å². The second kappa shape index (κ2) is 9.35. The predicted molar refractivity (Wildman–Crippen MR) is 142 cm³/mol. The van der Waals surface area contributed by atoms with Gasteiger partial charge in [0.1, 0.15) is 17.0 Å². The Morgan fingerprint density at radius 1 is 1.19 bits per heavy atom. The number of aromatic nitrogens is 4. The SMILES string of the molecule is Cc1cnc(-c2ccn[nH]2)c2nc(N3CCOC[C@H]3C)cc(-c3ccc(C(=O)NC(C)(C)C)cc3)c12. The zero-order chi connectivity index (χ0) is 25.4. The van der Waals surface area contributed by atoms with Crippen molar-refractivity contribution in [3.05, 3.63) is 59.9 Å². The number of H-pyrrole nitrogens is 1. The lowest BCUT2D eigenvalue weighted by atomic mass is 9.96. The summed E-state index contributed by atoms with van der Waals surface area (Å²) in [5.74, 6) is 0.800. The highest BCUT2D eigenvalue weighted by Crippen LogP contribution is 2.37. The standard InChI is InChI=1S/C28H32N6O2/c1-17-15-29-25(22-10-11-30-33-22)26-24(17)21(14-23(31-26)34-12-13-36-16-18(34)2)19-6-8-20(9-7-19)27(35)32-28(3,4)5/h6-11,14-15,18H,12-13,16H2,1-5H3,(H,30,33)(H,32,35)/t18-/m1/s1. The van der Waals surface area contributed by atoms with E-state index in [2.05, 4.69) is 40.3 Å². The van der Waals surface area contributed by atoms with Gasteiger partial charge in [0.25, 0.3) is 5.91 Å². The lowest BCUT2D eigenvalue weighted by molar-refractivity contribution is 0.0919. The molecular formula is C28H32N6O2. The molecule has 0 radical (unpaired) electrons. The van der Waals surface area contributed by atoms with Crippen molar-refractivity contribution in [1.82, 2.24) is 25.5 Å². The Labute approximate surface area is 211 Å². The van der Waals surface area contributed by atoms with E-state index in [1.807, 2.05) is 57.3 Å². The Morgan fingerprint density at radius 2 is 1.97 bits per heavy atom. The molecular weight excluding hydrogens is 452 g/mol. The van der Waals surface area contributed by atoms with Crippen molar-refractivity contribution in [1.29, 1.82) is 0 Å². The van der Waals surface area contributed by atoms with Gasteiger partial charge < -0.3 is 15.0 Å².